The van der Waals surface area contributed by atoms with E-state index < -0.39 is 34.9 Å². The molecule has 2 amide bonds. The lowest BCUT2D eigenvalue weighted by Crippen LogP contribution is -2.46. The first-order valence-electron chi connectivity index (χ1n) is 6.20. The molecule has 22 heavy (non-hydrogen) atoms. The number of alkyl halides is 3. The zero-order valence-corrected chi connectivity index (χ0v) is 12.5. The van der Waals surface area contributed by atoms with Crippen molar-refractivity contribution in [2.45, 2.75) is 32.5 Å². The second-order valence-electron chi connectivity index (χ2n) is 5.40. The summed E-state index contributed by atoms with van der Waals surface area (Å²) in [5.41, 5.74) is -0.562. The molecular formula is C13H16F3N3O3. The van der Waals surface area contributed by atoms with E-state index in [1.54, 1.807) is 20.8 Å². The SMILES string of the molecule is CN(NC(=O)OC(C)(C)C)C(=O)c1ccncc1C(F)(F)F. The lowest BCUT2D eigenvalue weighted by atomic mass is 10.1. The zero-order valence-electron chi connectivity index (χ0n) is 12.5. The largest absolute Gasteiger partial charge is 0.443 e. The van der Waals surface area contributed by atoms with E-state index in [1.807, 2.05) is 5.43 Å². The average molecular weight is 319 g/mol. The monoisotopic (exact) mass is 319 g/mol. The summed E-state index contributed by atoms with van der Waals surface area (Å²) in [6, 6.07) is 0.929. The van der Waals surface area contributed by atoms with Gasteiger partial charge in [0.1, 0.15) is 5.60 Å². The number of rotatable bonds is 1. The minimum absolute atomic E-state index is 0.550. The standard InChI is InChI=1S/C13H16F3N3O3/c1-12(2,3)22-11(21)18-19(4)10(20)8-5-6-17-7-9(8)13(14,15)16/h5-7H,1-4H3,(H,18,21). The number of carbonyl (C=O) groups excluding carboxylic acids is 2. The summed E-state index contributed by atoms with van der Waals surface area (Å²) in [5.74, 6) is -1.04. The Bertz CT molecular complexity index is 568. The molecule has 0 aliphatic rings. The van der Waals surface area contributed by atoms with E-state index in [9.17, 15) is 22.8 Å². The number of carbonyl (C=O) groups is 2. The number of hydrazine groups is 1. The third-order valence-corrected chi connectivity index (χ3v) is 2.32. The smallest absolute Gasteiger partial charge is 0.426 e. The van der Waals surface area contributed by atoms with Crippen LogP contribution in [0.25, 0.3) is 0 Å². The third-order valence-electron chi connectivity index (χ3n) is 2.32. The molecule has 0 saturated carbocycles. The Balaban J connectivity index is 2.91. The number of aromatic nitrogens is 1. The topological polar surface area (TPSA) is 71.5 Å². The summed E-state index contributed by atoms with van der Waals surface area (Å²) < 4.78 is 43.4. The van der Waals surface area contributed by atoms with E-state index in [0.717, 1.165) is 19.3 Å². The summed E-state index contributed by atoms with van der Waals surface area (Å²) in [5, 5.41) is 0.624. The number of hydrogen-bond acceptors (Lipinski definition) is 4. The Morgan fingerprint density at radius 1 is 1.27 bits per heavy atom. The second kappa shape index (κ2) is 6.20. The van der Waals surface area contributed by atoms with Gasteiger partial charge in [-0.25, -0.2) is 10.2 Å². The quantitative estimate of drug-likeness (QED) is 0.808. The molecule has 1 aromatic heterocycles. The molecule has 0 spiro atoms. The Labute approximate surface area is 125 Å². The highest BCUT2D eigenvalue weighted by Gasteiger charge is 2.36. The second-order valence-corrected chi connectivity index (χ2v) is 5.40. The van der Waals surface area contributed by atoms with Gasteiger partial charge in [0, 0.05) is 19.4 Å². The van der Waals surface area contributed by atoms with Crippen LogP contribution < -0.4 is 5.43 Å². The van der Waals surface area contributed by atoms with Gasteiger partial charge >= 0.3 is 12.3 Å². The van der Waals surface area contributed by atoms with Gasteiger partial charge in [0.2, 0.25) is 0 Å². The molecule has 0 aliphatic heterocycles. The van der Waals surface area contributed by atoms with Crippen molar-refractivity contribution in [3.63, 3.8) is 0 Å². The van der Waals surface area contributed by atoms with Crippen molar-refractivity contribution in [2.24, 2.45) is 0 Å². The fourth-order valence-electron chi connectivity index (χ4n) is 1.48. The first-order chi connectivity index (χ1) is 9.92. The highest BCUT2D eigenvalue weighted by atomic mass is 19.4. The highest BCUT2D eigenvalue weighted by Crippen LogP contribution is 2.31. The van der Waals surface area contributed by atoms with Crippen LogP contribution in [-0.2, 0) is 10.9 Å². The lowest BCUT2D eigenvalue weighted by Gasteiger charge is -2.24. The van der Waals surface area contributed by atoms with Crippen LogP contribution in [0.5, 0.6) is 0 Å². The van der Waals surface area contributed by atoms with Gasteiger partial charge in [-0.15, -0.1) is 0 Å². The molecule has 1 N–H and O–H groups in total. The molecule has 1 aromatic rings. The van der Waals surface area contributed by atoms with Gasteiger partial charge in [-0.1, -0.05) is 0 Å². The number of halogens is 3. The normalized spacial score (nSPS) is 11.8. The Morgan fingerprint density at radius 3 is 2.36 bits per heavy atom. The number of hydrogen-bond donors (Lipinski definition) is 1. The van der Waals surface area contributed by atoms with E-state index in [-0.39, 0.29) is 0 Å². The molecule has 0 aliphatic carbocycles. The molecule has 1 rings (SSSR count). The van der Waals surface area contributed by atoms with Gasteiger partial charge in [0.05, 0.1) is 11.1 Å². The molecule has 0 unspecified atom stereocenters. The summed E-state index contributed by atoms with van der Waals surface area (Å²) >= 11 is 0. The minimum atomic E-state index is -4.73. The molecule has 6 nitrogen and oxygen atoms in total. The van der Waals surface area contributed by atoms with Gasteiger partial charge in [-0.2, -0.15) is 13.2 Å². The van der Waals surface area contributed by atoms with Crippen molar-refractivity contribution in [1.29, 1.82) is 0 Å². The molecular weight excluding hydrogens is 303 g/mol. The van der Waals surface area contributed by atoms with Crippen molar-refractivity contribution in [3.05, 3.63) is 29.6 Å². The first kappa shape index (κ1) is 17.7. The minimum Gasteiger partial charge on any atom is -0.443 e. The number of amides is 2. The molecule has 122 valence electrons. The molecule has 0 atom stereocenters. The zero-order chi connectivity index (χ0) is 17.1. The molecule has 0 saturated heterocycles. The highest BCUT2D eigenvalue weighted by molar-refractivity contribution is 5.96. The van der Waals surface area contributed by atoms with Crippen molar-refractivity contribution < 1.29 is 27.5 Å². The van der Waals surface area contributed by atoms with E-state index in [1.165, 1.54) is 0 Å². The summed E-state index contributed by atoms with van der Waals surface area (Å²) in [4.78, 5) is 26.9. The van der Waals surface area contributed by atoms with Crippen molar-refractivity contribution in [3.8, 4) is 0 Å². The third kappa shape index (κ3) is 4.90. The van der Waals surface area contributed by atoms with Gasteiger partial charge in [0.25, 0.3) is 5.91 Å². The van der Waals surface area contributed by atoms with Crippen LogP contribution in [0.1, 0.15) is 36.7 Å². The van der Waals surface area contributed by atoms with Gasteiger partial charge in [-0.05, 0) is 26.8 Å². The predicted molar refractivity (Wildman–Crippen MR) is 70.7 cm³/mol. The molecule has 0 aromatic carbocycles. The van der Waals surface area contributed by atoms with Gasteiger partial charge in [-0.3, -0.25) is 14.8 Å². The molecule has 0 radical (unpaired) electrons. The van der Waals surface area contributed by atoms with Crippen molar-refractivity contribution in [1.82, 2.24) is 15.4 Å². The number of ether oxygens (including phenoxy) is 1. The Morgan fingerprint density at radius 2 is 1.86 bits per heavy atom. The van der Waals surface area contributed by atoms with E-state index in [2.05, 4.69) is 4.98 Å². The van der Waals surface area contributed by atoms with Crippen LogP contribution in [0.4, 0.5) is 18.0 Å². The van der Waals surface area contributed by atoms with Crippen LogP contribution in [-0.4, -0.2) is 34.6 Å². The molecule has 0 bridgehead atoms. The van der Waals surface area contributed by atoms with Crippen molar-refractivity contribution >= 4 is 12.0 Å². The van der Waals surface area contributed by atoms with Crippen LogP contribution in [0.15, 0.2) is 18.5 Å². The summed E-state index contributed by atoms with van der Waals surface area (Å²) in [7, 11) is 1.12. The molecule has 1 heterocycles. The molecule has 0 fully saturated rings. The average Bonchev–Trinajstić information content (AvgIpc) is 2.34. The number of nitrogens with one attached hydrogen (secondary N) is 1. The number of nitrogens with zero attached hydrogens (tertiary/aromatic N) is 2. The molecule has 9 heteroatoms. The van der Waals surface area contributed by atoms with Crippen molar-refractivity contribution in [2.75, 3.05) is 7.05 Å². The predicted octanol–water partition coefficient (Wildman–Crippen LogP) is 2.61. The van der Waals surface area contributed by atoms with Crippen LogP contribution >= 0.6 is 0 Å². The Kier molecular flexibility index (Phi) is 5.00. The van der Waals surface area contributed by atoms with Crippen LogP contribution in [0, 0.1) is 0 Å². The van der Waals surface area contributed by atoms with Gasteiger partial charge < -0.3 is 4.74 Å². The van der Waals surface area contributed by atoms with E-state index >= 15 is 0 Å². The first-order valence-corrected chi connectivity index (χ1v) is 6.20. The fourth-order valence-corrected chi connectivity index (χ4v) is 1.48. The number of pyridine rings is 1. The van der Waals surface area contributed by atoms with E-state index in [0.29, 0.717) is 11.2 Å². The fraction of sp³-hybridized carbons (Fsp3) is 0.462. The lowest BCUT2D eigenvalue weighted by molar-refractivity contribution is -0.138. The maximum atomic E-state index is 12.8. The van der Waals surface area contributed by atoms with Gasteiger partial charge in [0.15, 0.2) is 0 Å². The van der Waals surface area contributed by atoms with Crippen LogP contribution in [0.3, 0.4) is 0 Å². The Hall–Kier alpha value is -2.32. The van der Waals surface area contributed by atoms with Crippen LogP contribution in [0.2, 0.25) is 0 Å². The maximum absolute atomic E-state index is 12.8. The maximum Gasteiger partial charge on any atom is 0.426 e. The van der Waals surface area contributed by atoms with E-state index in [4.69, 9.17) is 4.74 Å². The summed E-state index contributed by atoms with van der Waals surface area (Å²) in [6.07, 6.45) is -4.07. The summed E-state index contributed by atoms with van der Waals surface area (Å²) in [6.45, 7) is 4.83.